The number of aliphatic carboxylic acids is 2. The number of nitrogens with one attached hydrogen (secondary N) is 2. The van der Waals surface area contributed by atoms with Crippen LogP contribution in [0.2, 0.25) is 5.02 Å². The third-order valence-electron chi connectivity index (χ3n) is 13.2. The Bertz CT molecular complexity index is 2150. The predicted molar refractivity (Wildman–Crippen MR) is 233 cm³/mol. The number of carboxylic acids is 2. The topological polar surface area (TPSA) is 147 Å². The molecule has 3 aromatic carbocycles. The van der Waals surface area contributed by atoms with Gasteiger partial charge in [0.2, 0.25) is 5.91 Å². The lowest BCUT2D eigenvalue weighted by molar-refractivity contribution is -0.144. The number of hydrogen-bond acceptors (Lipinski definition) is 7. The Labute approximate surface area is 358 Å². The lowest BCUT2D eigenvalue weighted by Gasteiger charge is -2.47. The van der Waals surface area contributed by atoms with Crippen LogP contribution in [0, 0.1) is 17.8 Å². The highest BCUT2D eigenvalue weighted by Crippen LogP contribution is 2.57. The van der Waals surface area contributed by atoms with Crippen LogP contribution in [0.25, 0.3) is 0 Å². The maximum absolute atomic E-state index is 13.1. The molecule has 11 heteroatoms. The summed E-state index contributed by atoms with van der Waals surface area (Å²) < 4.78 is 12.9. The molecule has 1 unspecified atom stereocenters. The van der Waals surface area contributed by atoms with Gasteiger partial charge in [-0.1, -0.05) is 74.8 Å². The highest BCUT2D eigenvalue weighted by Gasteiger charge is 2.54. The van der Waals surface area contributed by atoms with E-state index in [0.717, 1.165) is 49.1 Å². The van der Waals surface area contributed by atoms with E-state index in [1.165, 1.54) is 16.7 Å². The zero-order valence-corrected chi connectivity index (χ0v) is 35.7. The first-order chi connectivity index (χ1) is 28.8. The standard InChI is InChI=1S/C49H58ClN3O7/c1-31(30-60-43-17-22-51-41-14-7-9-33(3)45(41)43)23-36-26-35-15-16-39(59-29-32(2)24-44(54)52-42(46(55)56)25-34-10-5-4-6-11-34)28-40(35)48(36)18-20-49(21-19-48,47(57)58)53-38-13-8-12-37(50)27-38/h4-6,8,10-13,15-17,22,27-28,31-33,36,42,53H,7,9,14,18-21,23-26,29-30H2,1-3H3,(H,52,54)(H,55,56)(H,57,58)/t31-,32?,33-,36+,42-,48?,49?/m1/s1. The molecule has 0 aliphatic heterocycles. The number of carbonyl (C=O) groups excluding carboxylic acids is 1. The molecule has 1 aromatic heterocycles. The van der Waals surface area contributed by atoms with E-state index < -0.39 is 23.5 Å². The average Bonchev–Trinajstić information content (AvgIpc) is 3.51. The van der Waals surface area contributed by atoms with Crippen molar-refractivity contribution in [3.8, 4) is 11.5 Å². The molecule has 5 atom stereocenters. The van der Waals surface area contributed by atoms with Gasteiger partial charge in [-0.05, 0) is 140 Å². The number of rotatable bonds is 17. The van der Waals surface area contributed by atoms with Crippen LogP contribution in [-0.4, -0.2) is 57.8 Å². The third kappa shape index (κ3) is 9.75. The molecule has 1 spiro atoms. The predicted octanol–water partition coefficient (Wildman–Crippen LogP) is 9.42. The van der Waals surface area contributed by atoms with Gasteiger partial charge in [-0.3, -0.25) is 9.78 Å². The van der Waals surface area contributed by atoms with Gasteiger partial charge in [0.15, 0.2) is 0 Å². The minimum atomic E-state index is -1.14. The normalized spacial score (nSPS) is 23.4. The number of ether oxygens (including phenoxy) is 2. The summed E-state index contributed by atoms with van der Waals surface area (Å²) in [6.45, 7) is 7.29. The van der Waals surface area contributed by atoms with Gasteiger partial charge in [-0.2, -0.15) is 0 Å². The largest absolute Gasteiger partial charge is 0.493 e. The lowest BCUT2D eigenvalue weighted by atomic mass is 9.59. The minimum absolute atomic E-state index is 0.119. The number of amides is 1. The van der Waals surface area contributed by atoms with Crippen LogP contribution in [0.4, 0.5) is 5.69 Å². The van der Waals surface area contributed by atoms with E-state index in [9.17, 15) is 24.6 Å². The number of halogens is 1. The van der Waals surface area contributed by atoms with E-state index in [1.807, 2.05) is 67.7 Å². The Morgan fingerprint density at radius 2 is 1.68 bits per heavy atom. The van der Waals surface area contributed by atoms with Crippen molar-refractivity contribution in [2.75, 3.05) is 18.5 Å². The number of anilines is 1. The average molecular weight is 836 g/mol. The van der Waals surface area contributed by atoms with Crippen LogP contribution in [0.15, 0.2) is 85.1 Å². The van der Waals surface area contributed by atoms with Gasteiger partial charge in [-0.15, -0.1) is 0 Å². The Balaban J connectivity index is 1.06. The van der Waals surface area contributed by atoms with Gasteiger partial charge in [-0.25, -0.2) is 9.59 Å². The summed E-state index contributed by atoms with van der Waals surface area (Å²) in [5.74, 6) is 0.129. The van der Waals surface area contributed by atoms with E-state index in [0.29, 0.717) is 54.7 Å². The molecule has 1 fully saturated rings. The van der Waals surface area contributed by atoms with E-state index in [-0.39, 0.29) is 48.5 Å². The molecular formula is C49H58ClN3O7. The summed E-state index contributed by atoms with van der Waals surface area (Å²) in [6.07, 6.45) is 9.51. The molecule has 4 aromatic rings. The first kappa shape index (κ1) is 43.0. The third-order valence-corrected chi connectivity index (χ3v) is 13.5. The van der Waals surface area contributed by atoms with Gasteiger partial charge in [0.1, 0.15) is 23.1 Å². The molecule has 60 heavy (non-hydrogen) atoms. The quantitative estimate of drug-likeness (QED) is 0.0817. The summed E-state index contributed by atoms with van der Waals surface area (Å²) in [6, 6.07) is 23.8. The van der Waals surface area contributed by atoms with Crippen molar-refractivity contribution < 1.29 is 34.1 Å². The monoisotopic (exact) mass is 835 g/mol. The Kier molecular flexibility index (Phi) is 13.4. The summed E-state index contributed by atoms with van der Waals surface area (Å²) in [4.78, 5) is 42.7. The lowest BCUT2D eigenvalue weighted by Crippen LogP contribution is -2.53. The number of nitrogens with zero attached hydrogens (tertiary/aromatic N) is 1. The Hall–Kier alpha value is -5.09. The van der Waals surface area contributed by atoms with E-state index >= 15 is 0 Å². The van der Waals surface area contributed by atoms with Crippen LogP contribution < -0.4 is 20.1 Å². The number of carboxylic acid groups (broad SMARTS) is 2. The zero-order valence-electron chi connectivity index (χ0n) is 34.9. The molecule has 3 aliphatic carbocycles. The van der Waals surface area contributed by atoms with Gasteiger partial charge in [0, 0.05) is 41.0 Å². The second-order valence-corrected chi connectivity index (χ2v) is 18.2. The highest BCUT2D eigenvalue weighted by molar-refractivity contribution is 6.30. The zero-order chi connectivity index (χ0) is 42.4. The molecule has 7 rings (SSSR count). The van der Waals surface area contributed by atoms with Gasteiger partial charge < -0.3 is 30.3 Å². The fourth-order valence-electron chi connectivity index (χ4n) is 10.1. The maximum Gasteiger partial charge on any atom is 0.329 e. The van der Waals surface area contributed by atoms with Crippen molar-refractivity contribution in [1.82, 2.24) is 10.3 Å². The molecule has 1 amide bonds. The minimum Gasteiger partial charge on any atom is -0.493 e. The number of carbonyl (C=O) groups is 3. The second kappa shape index (κ2) is 18.7. The van der Waals surface area contributed by atoms with Crippen molar-refractivity contribution in [3.05, 3.63) is 118 Å². The van der Waals surface area contributed by atoms with Crippen molar-refractivity contribution in [2.45, 2.75) is 114 Å². The summed E-state index contributed by atoms with van der Waals surface area (Å²) in [7, 11) is 0. The second-order valence-electron chi connectivity index (χ2n) is 17.8. The van der Waals surface area contributed by atoms with Crippen molar-refractivity contribution in [1.29, 1.82) is 0 Å². The van der Waals surface area contributed by atoms with E-state index in [1.54, 1.807) is 12.1 Å². The Morgan fingerprint density at radius 1 is 0.917 bits per heavy atom. The first-order valence-corrected chi connectivity index (χ1v) is 21.9. The fraction of sp³-hybridized carbons (Fsp3) is 0.469. The van der Waals surface area contributed by atoms with Crippen LogP contribution in [0.5, 0.6) is 11.5 Å². The van der Waals surface area contributed by atoms with Crippen molar-refractivity contribution in [3.63, 3.8) is 0 Å². The molecule has 1 saturated carbocycles. The summed E-state index contributed by atoms with van der Waals surface area (Å²) in [5, 5.41) is 27.1. The number of benzene rings is 3. The molecule has 318 valence electrons. The highest BCUT2D eigenvalue weighted by atomic mass is 35.5. The van der Waals surface area contributed by atoms with Crippen LogP contribution in [0.1, 0.15) is 106 Å². The molecule has 4 N–H and O–H groups in total. The maximum atomic E-state index is 13.1. The van der Waals surface area contributed by atoms with Gasteiger partial charge in [0.25, 0.3) is 0 Å². The fourth-order valence-corrected chi connectivity index (χ4v) is 10.3. The summed E-state index contributed by atoms with van der Waals surface area (Å²) in [5.41, 5.74) is 5.00. The van der Waals surface area contributed by atoms with E-state index in [2.05, 4.69) is 41.6 Å². The van der Waals surface area contributed by atoms with Gasteiger partial charge >= 0.3 is 11.9 Å². The number of hydrogen-bond donors (Lipinski definition) is 4. The van der Waals surface area contributed by atoms with E-state index in [4.69, 9.17) is 21.1 Å². The van der Waals surface area contributed by atoms with Crippen LogP contribution in [0.3, 0.4) is 0 Å². The number of aromatic nitrogens is 1. The molecule has 0 radical (unpaired) electrons. The number of pyridine rings is 1. The molecule has 0 saturated heterocycles. The Morgan fingerprint density at radius 3 is 2.42 bits per heavy atom. The molecule has 10 nitrogen and oxygen atoms in total. The van der Waals surface area contributed by atoms with Crippen molar-refractivity contribution >= 4 is 35.1 Å². The first-order valence-electron chi connectivity index (χ1n) is 21.5. The van der Waals surface area contributed by atoms with Crippen molar-refractivity contribution in [2.24, 2.45) is 17.8 Å². The number of fused-ring (bicyclic) bond motifs is 3. The van der Waals surface area contributed by atoms with Gasteiger partial charge in [0.05, 0.1) is 13.2 Å². The molecular weight excluding hydrogens is 778 g/mol. The molecule has 1 heterocycles. The smallest absolute Gasteiger partial charge is 0.329 e. The summed E-state index contributed by atoms with van der Waals surface area (Å²) >= 11 is 6.31. The SMILES string of the molecule is CC(COc1ccc2c(c1)C1(CCC(Nc3cccc(Cl)c3)(C(=O)O)CC1)[C@@H](C[C@@H](C)COc1ccnc3c1[C@H](C)CCC3)C2)CC(=O)N[C@H](Cc1ccccc1)C(=O)O. The number of aryl methyl sites for hydroxylation is 1. The van der Waals surface area contributed by atoms with Crippen LogP contribution in [-0.2, 0) is 39.1 Å². The van der Waals surface area contributed by atoms with Crippen LogP contribution >= 0.6 is 11.6 Å². The molecule has 3 aliphatic rings. The molecule has 0 bridgehead atoms.